The van der Waals surface area contributed by atoms with Crippen molar-refractivity contribution in [3.8, 4) is 0 Å². The van der Waals surface area contributed by atoms with Crippen molar-refractivity contribution >= 4 is 5.82 Å². The van der Waals surface area contributed by atoms with Gasteiger partial charge in [0.25, 0.3) is 6.43 Å². The molecule has 0 unspecified atom stereocenters. The zero-order chi connectivity index (χ0) is 12.3. The van der Waals surface area contributed by atoms with Gasteiger partial charge in [0.15, 0.2) is 0 Å². The molecule has 0 amide bonds. The highest BCUT2D eigenvalue weighted by Gasteiger charge is 2.15. The molecule has 0 saturated carbocycles. The molecule has 16 heavy (non-hydrogen) atoms. The largest absolute Gasteiger partial charge is 0.392 e. The number of alkyl halides is 2. The second kappa shape index (κ2) is 5.21. The zero-order valence-electron chi connectivity index (χ0n) is 9.67. The smallest absolute Gasteiger partial charge is 0.255 e. The average Bonchev–Trinajstić information content (AvgIpc) is 2.15. The van der Waals surface area contributed by atoms with Crippen LogP contribution in [0.15, 0.2) is 6.07 Å². The molecule has 0 atom stereocenters. The summed E-state index contributed by atoms with van der Waals surface area (Å²) in [5.41, 5.74) is 2.23. The van der Waals surface area contributed by atoms with Crippen molar-refractivity contribution < 1.29 is 13.9 Å². The molecular formula is C11H16F2N2O. The Morgan fingerprint density at radius 1 is 1.44 bits per heavy atom. The van der Waals surface area contributed by atoms with Crippen molar-refractivity contribution in [3.63, 3.8) is 0 Å². The Balaban J connectivity index is 3.10. The SMILES string of the molecule is Cc1cc(C)c(CO)c(N(C)CC(F)F)n1. The van der Waals surface area contributed by atoms with Gasteiger partial charge in [0.2, 0.25) is 0 Å². The predicted molar refractivity (Wildman–Crippen MR) is 58.9 cm³/mol. The van der Waals surface area contributed by atoms with Crippen LogP contribution in [0.25, 0.3) is 0 Å². The molecule has 1 N–H and O–H groups in total. The maximum atomic E-state index is 12.3. The average molecular weight is 230 g/mol. The minimum Gasteiger partial charge on any atom is -0.392 e. The molecule has 0 aliphatic rings. The summed E-state index contributed by atoms with van der Waals surface area (Å²) in [7, 11) is 1.55. The van der Waals surface area contributed by atoms with Gasteiger partial charge in [0.05, 0.1) is 13.2 Å². The number of hydrogen-bond donors (Lipinski definition) is 1. The van der Waals surface area contributed by atoms with E-state index in [2.05, 4.69) is 4.98 Å². The molecule has 0 radical (unpaired) electrons. The highest BCUT2D eigenvalue weighted by atomic mass is 19.3. The Hall–Kier alpha value is -1.23. The lowest BCUT2D eigenvalue weighted by Gasteiger charge is -2.21. The minimum absolute atomic E-state index is 0.192. The van der Waals surface area contributed by atoms with Crippen LogP contribution in [-0.4, -0.2) is 30.1 Å². The van der Waals surface area contributed by atoms with Crippen LogP contribution in [0.2, 0.25) is 0 Å². The van der Waals surface area contributed by atoms with Gasteiger partial charge in [-0.3, -0.25) is 0 Å². The predicted octanol–water partition coefficient (Wildman–Crippen LogP) is 1.89. The van der Waals surface area contributed by atoms with E-state index in [1.165, 1.54) is 4.90 Å². The van der Waals surface area contributed by atoms with Gasteiger partial charge in [-0.15, -0.1) is 0 Å². The zero-order valence-corrected chi connectivity index (χ0v) is 9.67. The molecule has 0 aliphatic carbocycles. The monoisotopic (exact) mass is 230 g/mol. The fourth-order valence-corrected chi connectivity index (χ4v) is 1.65. The molecule has 1 aromatic heterocycles. The lowest BCUT2D eigenvalue weighted by Crippen LogP contribution is -2.26. The molecule has 1 aromatic rings. The Morgan fingerprint density at radius 2 is 2.06 bits per heavy atom. The molecule has 1 rings (SSSR count). The first-order valence-corrected chi connectivity index (χ1v) is 5.03. The highest BCUT2D eigenvalue weighted by molar-refractivity contribution is 5.50. The second-order valence-electron chi connectivity index (χ2n) is 3.81. The molecule has 0 aliphatic heterocycles. The normalized spacial score (nSPS) is 10.9. The molecule has 90 valence electrons. The molecule has 0 fully saturated rings. The van der Waals surface area contributed by atoms with Crippen LogP contribution in [0.3, 0.4) is 0 Å². The van der Waals surface area contributed by atoms with Crippen LogP contribution in [-0.2, 0) is 6.61 Å². The molecule has 0 bridgehead atoms. The van der Waals surface area contributed by atoms with Crippen LogP contribution in [0.4, 0.5) is 14.6 Å². The number of pyridine rings is 1. The number of aryl methyl sites for hydroxylation is 2. The summed E-state index contributed by atoms with van der Waals surface area (Å²) in [5.74, 6) is 0.431. The number of aromatic nitrogens is 1. The maximum Gasteiger partial charge on any atom is 0.255 e. The molecule has 1 heterocycles. The van der Waals surface area contributed by atoms with E-state index >= 15 is 0 Å². The first-order chi connectivity index (χ1) is 7.45. The summed E-state index contributed by atoms with van der Waals surface area (Å²) in [6, 6.07) is 1.82. The summed E-state index contributed by atoms with van der Waals surface area (Å²) in [4.78, 5) is 5.56. The molecule has 5 heteroatoms. The molecule has 0 spiro atoms. The minimum atomic E-state index is -2.42. The van der Waals surface area contributed by atoms with E-state index in [1.54, 1.807) is 14.0 Å². The van der Waals surface area contributed by atoms with Crippen LogP contribution in [0, 0.1) is 13.8 Å². The Labute approximate surface area is 93.7 Å². The Bertz CT molecular complexity index is 369. The van der Waals surface area contributed by atoms with Crippen LogP contribution >= 0.6 is 0 Å². The maximum absolute atomic E-state index is 12.3. The van der Waals surface area contributed by atoms with E-state index in [4.69, 9.17) is 0 Å². The fourth-order valence-electron chi connectivity index (χ4n) is 1.65. The van der Waals surface area contributed by atoms with Crippen molar-refractivity contribution in [3.05, 3.63) is 22.9 Å². The van der Waals surface area contributed by atoms with Crippen molar-refractivity contribution in [2.24, 2.45) is 0 Å². The topological polar surface area (TPSA) is 36.4 Å². The van der Waals surface area contributed by atoms with Crippen molar-refractivity contribution in [2.45, 2.75) is 26.9 Å². The Morgan fingerprint density at radius 3 is 2.56 bits per heavy atom. The quantitative estimate of drug-likeness (QED) is 0.858. The second-order valence-corrected chi connectivity index (χ2v) is 3.81. The molecule has 0 saturated heterocycles. The summed E-state index contributed by atoms with van der Waals surface area (Å²) in [6.45, 7) is 3.05. The first kappa shape index (κ1) is 12.8. The number of aliphatic hydroxyl groups is 1. The van der Waals surface area contributed by atoms with E-state index in [1.807, 2.05) is 13.0 Å². The van der Waals surface area contributed by atoms with Gasteiger partial charge >= 0.3 is 0 Å². The summed E-state index contributed by atoms with van der Waals surface area (Å²) >= 11 is 0. The number of nitrogens with zero attached hydrogens (tertiary/aromatic N) is 2. The lowest BCUT2D eigenvalue weighted by molar-refractivity contribution is 0.156. The van der Waals surface area contributed by atoms with Gasteiger partial charge in [-0.1, -0.05) is 0 Å². The van der Waals surface area contributed by atoms with Crippen LogP contribution < -0.4 is 4.90 Å². The van der Waals surface area contributed by atoms with Gasteiger partial charge in [0, 0.05) is 18.3 Å². The Kier molecular flexibility index (Phi) is 4.18. The number of halogens is 2. The van der Waals surface area contributed by atoms with Crippen molar-refractivity contribution in [2.75, 3.05) is 18.5 Å². The van der Waals surface area contributed by atoms with Crippen LogP contribution in [0.5, 0.6) is 0 Å². The van der Waals surface area contributed by atoms with Gasteiger partial charge in [-0.05, 0) is 25.5 Å². The highest BCUT2D eigenvalue weighted by Crippen LogP contribution is 2.22. The third kappa shape index (κ3) is 2.88. The number of aliphatic hydroxyl groups excluding tert-OH is 1. The van der Waals surface area contributed by atoms with Gasteiger partial charge < -0.3 is 10.0 Å². The summed E-state index contributed by atoms with van der Waals surface area (Å²) in [6.07, 6.45) is -2.42. The standard InChI is InChI=1S/C11H16F2N2O/c1-7-4-8(2)14-11(9(7)6-16)15(3)5-10(12)13/h4,10,16H,5-6H2,1-3H3. The first-order valence-electron chi connectivity index (χ1n) is 5.03. The van der Waals surface area contributed by atoms with Crippen molar-refractivity contribution in [1.29, 1.82) is 0 Å². The van der Waals surface area contributed by atoms with Crippen molar-refractivity contribution in [1.82, 2.24) is 4.98 Å². The summed E-state index contributed by atoms with van der Waals surface area (Å²) < 4.78 is 24.6. The van der Waals surface area contributed by atoms with E-state index in [0.29, 0.717) is 11.4 Å². The molecule has 0 aromatic carbocycles. The molecule has 3 nitrogen and oxygen atoms in total. The summed E-state index contributed by atoms with van der Waals surface area (Å²) in [5, 5.41) is 9.22. The van der Waals surface area contributed by atoms with Gasteiger partial charge in [0.1, 0.15) is 5.82 Å². The fraction of sp³-hybridized carbons (Fsp3) is 0.545. The van der Waals surface area contributed by atoms with E-state index < -0.39 is 6.43 Å². The van der Waals surface area contributed by atoms with Crippen LogP contribution in [0.1, 0.15) is 16.8 Å². The number of hydrogen-bond acceptors (Lipinski definition) is 3. The third-order valence-corrected chi connectivity index (χ3v) is 2.39. The van der Waals surface area contributed by atoms with E-state index in [9.17, 15) is 13.9 Å². The number of rotatable bonds is 4. The number of anilines is 1. The van der Waals surface area contributed by atoms with E-state index in [-0.39, 0.29) is 13.2 Å². The van der Waals surface area contributed by atoms with Gasteiger partial charge in [-0.2, -0.15) is 0 Å². The third-order valence-electron chi connectivity index (χ3n) is 2.39. The van der Waals surface area contributed by atoms with Gasteiger partial charge in [-0.25, -0.2) is 13.8 Å². The van der Waals surface area contributed by atoms with E-state index in [0.717, 1.165) is 11.3 Å². The molecular weight excluding hydrogens is 214 g/mol. The lowest BCUT2D eigenvalue weighted by atomic mass is 10.1.